The summed E-state index contributed by atoms with van der Waals surface area (Å²) in [6, 6.07) is 6.94. The number of anilines is 1. The molecule has 0 aliphatic rings. The second-order valence-corrected chi connectivity index (χ2v) is 6.33. The molecule has 0 unspecified atom stereocenters. The van der Waals surface area contributed by atoms with Crippen LogP contribution in [0, 0.1) is 5.82 Å². The molecule has 0 fully saturated rings. The molecule has 1 aromatic carbocycles. The number of nitrogens with zero attached hydrogens (tertiary/aromatic N) is 1. The van der Waals surface area contributed by atoms with Gasteiger partial charge in [-0.15, -0.1) is 0 Å². The van der Waals surface area contributed by atoms with Gasteiger partial charge in [-0.25, -0.2) is 17.8 Å². The van der Waals surface area contributed by atoms with Crippen LogP contribution in [0.15, 0.2) is 45.9 Å². The van der Waals surface area contributed by atoms with Gasteiger partial charge in [0.25, 0.3) is 10.0 Å². The third-order valence-corrected chi connectivity index (χ3v) is 4.25. The number of nitrogens with one attached hydrogen (secondary N) is 1. The molecule has 106 valence electrons. The molecule has 8 heteroatoms. The van der Waals surface area contributed by atoms with E-state index in [1.165, 1.54) is 25.3 Å². The highest BCUT2D eigenvalue weighted by molar-refractivity contribution is 9.10. The predicted molar refractivity (Wildman–Crippen MR) is 75.7 cm³/mol. The first-order valence-electron chi connectivity index (χ1n) is 5.40. The van der Waals surface area contributed by atoms with E-state index in [0.29, 0.717) is 4.47 Å². The number of aromatic nitrogens is 1. The maximum absolute atomic E-state index is 12.7. The predicted octanol–water partition coefficient (Wildman–Crippen LogP) is 2.79. The molecule has 2 rings (SSSR count). The van der Waals surface area contributed by atoms with Crippen molar-refractivity contribution in [2.75, 3.05) is 11.8 Å². The van der Waals surface area contributed by atoms with Crippen molar-refractivity contribution in [1.82, 2.24) is 4.98 Å². The fourth-order valence-corrected chi connectivity index (χ4v) is 3.21. The summed E-state index contributed by atoms with van der Waals surface area (Å²) in [6.45, 7) is 0. The lowest BCUT2D eigenvalue weighted by molar-refractivity contribution is 0.403. The van der Waals surface area contributed by atoms with E-state index in [9.17, 15) is 12.8 Å². The molecule has 0 bridgehead atoms. The molecule has 0 radical (unpaired) electrons. The molecule has 0 spiro atoms. The van der Waals surface area contributed by atoms with Gasteiger partial charge in [0.15, 0.2) is 0 Å². The average Bonchev–Trinajstić information content (AvgIpc) is 2.41. The number of methoxy groups -OCH3 is 1. The number of pyridine rings is 1. The van der Waals surface area contributed by atoms with Gasteiger partial charge in [-0.3, -0.25) is 4.72 Å². The number of halogens is 2. The zero-order valence-electron chi connectivity index (χ0n) is 10.3. The van der Waals surface area contributed by atoms with Gasteiger partial charge in [0.05, 0.1) is 13.3 Å². The zero-order valence-corrected chi connectivity index (χ0v) is 12.7. The van der Waals surface area contributed by atoms with Crippen LogP contribution >= 0.6 is 15.9 Å². The molecule has 20 heavy (non-hydrogen) atoms. The fraction of sp³-hybridized carbons (Fsp3) is 0.0833. The van der Waals surface area contributed by atoms with Crippen molar-refractivity contribution in [3.8, 4) is 5.75 Å². The standard InChI is InChI=1S/C12H10BrFN2O3S/c1-19-10-4-2-8(13)6-11(10)20(17,18)16-12-5-3-9(14)7-15-12/h2-7H,1H3,(H,15,16). The van der Waals surface area contributed by atoms with Crippen LogP contribution in [-0.4, -0.2) is 20.5 Å². The lowest BCUT2D eigenvalue weighted by Crippen LogP contribution is -2.15. The molecule has 0 atom stereocenters. The molecular weight excluding hydrogens is 351 g/mol. The Labute approximate surface area is 124 Å². The number of ether oxygens (including phenoxy) is 1. The van der Waals surface area contributed by atoms with E-state index in [2.05, 4.69) is 25.6 Å². The van der Waals surface area contributed by atoms with Crippen molar-refractivity contribution in [2.45, 2.75) is 4.90 Å². The first-order chi connectivity index (χ1) is 9.42. The summed E-state index contributed by atoms with van der Waals surface area (Å²) in [6.07, 6.45) is 0.927. The van der Waals surface area contributed by atoms with E-state index in [1.54, 1.807) is 6.07 Å². The maximum Gasteiger partial charge on any atom is 0.266 e. The highest BCUT2D eigenvalue weighted by Gasteiger charge is 2.20. The molecule has 1 N–H and O–H groups in total. The number of rotatable bonds is 4. The molecule has 1 heterocycles. The molecule has 2 aromatic rings. The molecule has 0 saturated heterocycles. The van der Waals surface area contributed by atoms with Crippen LogP contribution in [0.4, 0.5) is 10.2 Å². The van der Waals surface area contributed by atoms with Gasteiger partial charge in [0.2, 0.25) is 0 Å². The highest BCUT2D eigenvalue weighted by Crippen LogP contribution is 2.28. The van der Waals surface area contributed by atoms with Crippen LogP contribution in [0.25, 0.3) is 0 Å². The van der Waals surface area contributed by atoms with E-state index in [4.69, 9.17) is 4.74 Å². The molecular formula is C12H10BrFN2O3S. The summed E-state index contributed by atoms with van der Waals surface area (Å²) < 4.78 is 45.2. The first kappa shape index (κ1) is 14.7. The van der Waals surface area contributed by atoms with Crippen molar-refractivity contribution in [3.63, 3.8) is 0 Å². The van der Waals surface area contributed by atoms with Crippen molar-refractivity contribution in [3.05, 3.63) is 46.8 Å². The Balaban J connectivity index is 2.40. The Morgan fingerprint density at radius 3 is 2.65 bits per heavy atom. The van der Waals surface area contributed by atoms with Gasteiger partial charge < -0.3 is 4.74 Å². The van der Waals surface area contributed by atoms with Crippen LogP contribution < -0.4 is 9.46 Å². The Morgan fingerprint density at radius 2 is 2.05 bits per heavy atom. The second kappa shape index (κ2) is 5.76. The van der Waals surface area contributed by atoms with Gasteiger partial charge in [0.1, 0.15) is 22.3 Å². The summed E-state index contributed by atoms with van der Waals surface area (Å²) in [7, 11) is -2.51. The van der Waals surface area contributed by atoms with Crippen molar-refractivity contribution in [2.24, 2.45) is 0 Å². The SMILES string of the molecule is COc1ccc(Br)cc1S(=O)(=O)Nc1ccc(F)cn1. The Bertz CT molecular complexity index is 720. The van der Waals surface area contributed by atoms with Crippen LogP contribution in [0.5, 0.6) is 5.75 Å². The molecule has 0 aliphatic heterocycles. The maximum atomic E-state index is 12.7. The van der Waals surface area contributed by atoms with Crippen molar-refractivity contribution >= 4 is 31.8 Å². The van der Waals surface area contributed by atoms with Gasteiger partial charge in [-0.1, -0.05) is 15.9 Å². The normalized spacial score (nSPS) is 11.2. The van der Waals surface area contributed by atoms with Crippen LogP contribution in [-0.2, 0) is 10.0 Å². The van der Waals surface area contributed by atoms with Crippen LogP contribution in [0.2, 0.25) is 0 Å². The number of sulfonamides is 1. The lowest BCUT2D eigenvalue weighted by Gasteiger charge is -2.11. The monoisotopic (exact) mass is 360 g/mol. The second-order valence-electron chi connectivity index (χ2n) is 3.76. The van der Waals surface area contributed by atoms with E-state index < -0.39 is 15.8 Å². The van der Waals surface area contributed by atoms with E-state index in [1.807, 2.05) is 0 Å². The lowest BCUT2D eigenvalue weighted by atomic mass is 10.3. The largest absolute Gasteiger partial charge is 0.495 e. The summed E-state index contributed by atoms with van der Waals surface area (Å²) in [5.74, 6) is -0.329. The van der Waals surface area contributed by atoms with Gasteiger partial charge >= 0.3 is 0 Å². The van der Waals surface area contributed by atoms with E-state index in [0.717, 1.165) is 12.3 Å². The summed E-state index contributed by atoms with van der Waals surface area (Å²) >= 11 is 3.20. The zero-order chi connectivity index (χ0) is 14.8. The quantitative estimate of drug-likeness (QED) is 0.909. The smallest absolute Gasteiger partial charge is 0.266 e. The topological polar surface area (TPSA) is 68.3 Å². The molecule has 5 nitrogen and oxygen atoms in total. The highest BCUT2D eigenvalue weighted by atomic mass is 79.9. The Kier molecular flexibility index (Phi) is 4.24. The summed E-state index contributed by atoms with van der Waals surface area (Å²) in [4.78, 5) is 3.61. The minimum Gasteiger partial charge on any atom is -0.495 e. The van der Waals surface area contributed by atoms with Crippen molar-refractivity contribution < 1.29 is 17.5 Å². The molecule has 1 aromatic heterocycles. The van der Waals surface area contributed by atoms with Gasteiger partial charge in [0, 0.05) is 4.47 Å². The van der Waals surface area contributed by atoms with Crippen molar-refractivity contribution in [1.29, 1.82) is 0 Å². The summed E-state index contributed by atoms with van der Waals surface area (Å²) in [5.41, 5.74) is 0. The molecule has 0 aliphatic carbocycles. The Hall–Kier alpha value is -1.67. The molecule has 0 saturated carbocycles. The number of benzene rings is 1. The third kappa shape index (κ3) is 3.26. The Morgan fingerprint density at radius 1 is 1.30 bits per heavy atom. The van der Waals surface area contributed by atoms with Crippen LogP contribution in [0.3, 0.4) is 0 Å². The molecule has 0 amide bonds. The number of hydrogen-bond donors (Lipinski definition) is 1. The minimum absolute atomic E-state index is 0.0217. The van der Waals surface area contributed by atoms with Gasteiger partial charge in [-0.05, 0) is 30.3 Å². The third-order valence-electron chi connectivity index (χ3n) is 2.38. The van der Waals surface area contributed by atoms with E-state index >= 15 is 0 Å². The fourth-order valence-electron chi connectivity index (χ4n) is 1.49. The first-order valence-corrected chi connectivity index (χ1v) is 7.68. The summed E-state index contributed by atoms with van der Waals surface area (Å²) in [5, 5.41) is 0. The average molecular weight is 361 g/mol. The van der Waals surface area contributed by atoms with Crippen LogP contribution in [0.1, 0.15) is 0 Å². The minimum atomic E-state index is -3.88. The van der Waals surface area contributed by atoms with Gasteiger partial charge in [-0.2, -0.15) is 0 Å². The van der Waals surface area contributed by atoms with E-state index in [-0.39, 0.29) is 16.5 Å². The number of hydrogen-bond acceptors (Lipinski definition) is 4.